The van der Waals surface area contributed by atoms with Gasteiger partial charge in [0.05, 0.1) is 6.10 Å². The Kier molecular flexibility index (Phi) is 4.62. The van der Waals surface area contributed by atoms with Crippen molar-refractivity contribution in [2.45, 2.75) is 51.0 Å². The van der Waals surface area contributed by atoms with Crippen molar-refractivity contribution in [1.82, 2.24) is 0 Å². The molecule has 1 heterocycles. The fourth-order valence-corrected chi connectivity index (χ4v) is 4.00. The Hall–Kier alpha value is -1.02. The first-order valence-corrected chi connectivity index (χ1v) is 8.32. The average Bonchev–Trinajstić information content (AvgIpc) is 2.56. The van der Waals surface area contributed by atoms with Gasteiger partial charge in [-0.05, 0) is 49.7 Å². The minimum Gasteiger partial charge on any atom is -0.393 e. The predicted octanol–water partition coefficient (Wildman–Crippen LogP) is 3.84. The summed E-state index contributed by atoms with van der Waals surface area (Å²) in [5.41, 5.74) is 1.33. The van der Waals surface area contributed by atoms with E-state index in [2.05, 4.69) is 35.2 Å². The van der Waals surface area contributed by atoms with E-state index < -0.39 is 0 Å². The highest BCUT2D eigenvalue weighted by molar-refractivity contribution is 5.46. The second kappa shape index (κ2) is 6.62. The summed E-state index contributed by atoms with van der Waals surface area (Å²) in [6, 6.07) is 10.7. The maximum Gasteiger partial charge on any atom is 0.0597 e. The summed E-state index contributed by atoms with van der Waals surface area (Å²) >= 11 is 0. The summed E-state index contributed by atoms with van der Waals surface area (Å²) in [4.78, 5) is 2.46. The van der Waals surface area contributed by atoms with Crippen molar-refractivity contribution in [2.24, 2.45) is 11.8 Å². The van der Waals surface area contributed by atoms with Crippen molar-refractivity contribution in [3.8, 4) is 0 Å². The number of para-hydroxylation sites is 1. The van der Waals surface area contributed by atoms with Gasteiger partial charge in [-0.25, -0.2) is 0 Å². The lowest BCUT2D eigenvalue weighted by molar-refractivity contribution is 0.0237. The average molecular weight is 273 g/mol. The third-order valence-corrected chi connectivity index (χ3v) is 5.28. The van der Waals surface area contributed by atoms with Crippen LogP contribution in [0.2, 0.25) is 0 Å². The fraction of sp³-hybridized carbons (Fsp3) is 0.667. The number of piperidine rings is 1. The first kappa shape index (κ1) is 13.9. The van der Waals surface area contributed by atoms with Gasteiger partial charge in [-0.3, -0.25) is 0 Å². The van der Waals surface area contributed by atoms with E-state index in [4.69, 9.17) is 0 Å². The molecule has 0 spiro atoms. The minimum atomic E-state index is -0.0479. The van der Waals surface area contributed by atoms with Crippen LogP contribution in [0.5, 0.6) is 0 Å². The summed E-state index contributed by atoms with van der Waals surface area (Å²) in [5.74, 6) is 1.11. The smallest absolute Gasteiger partial charge is 0.0597 e. The summed E-state index contributed by atoms with van der Waals surface area (Å²) in [7, 11) is 0. The SMILES string of the molecule is OC(C1CCCCC1)C1CCN(c2ccccc2)CC1. The van der Waals surface area contributed by atoms with Crippen molar-refractivity contribution in [1.29, 1.82) is 0 Å². The highest BCUT2D eigenvalue weighted by atomic mass is 16.3. The number of benzene rings is 1. The van der Waals surface area contributed by atoms with Crippen molar-refractivity contribution in [3.63, 3.8) is 0 Å². The summed E-state index contributed by atoms with van der Waals surface area (Å²) in [6.45, 7) is 2.19. The molecule has 1 saturated carbocycles. The van der Waals surface area contributed by atoms with Gasteiger partial charge in [-0.2, -0.15) is 0 Å². The largest absolute Gasteiger partial charge is 0.393 e. The molecule has 0 aromatic heterocycles. The van der Waals surface area contributed by atoms with Crippen molar-refractivity contribution < 1.29 is 5.11 Å². The molecule has 2 aliphatic rings. The topological polar surface area (TPSA) is 23.5 Å². The zero-order valence-corrected chi connectivity index (χ0v) is 12.4. The summed E-state index contributed by atoms with van der Waals surface area (Å²) in [6.07, 6.45) is 8.76. The zero-order chi connectivity index (χ0) is 13.8. The van der Waals surface area contributed by atoms with Crippen LogP contribution in [0.3, 0.4) is 0 Å². The van der Waals surface area contributed by atoms with E-state index in [9.17, 15) is 5.11 Å². The number of hydrogen-bond donors (Lipinski definition) is 1. The van der Waals surface area contributed by atoms with Crippen LogP contribution in [0, 0.1) is 11.8 Å². The standard InChI is InChI=1S/C18H27NO/c20-18(15-7-3-1-4-8-15)16-11-13-19(14-12-16)17-9-5-2-6-10-17/h2,5-6,9-10,15-16,18,20H,1,3-4,7-8,11-14H2. The number of anilines is 1. The molecule has 0 bridgehead atoms. The maximum absolute atomic E-state index is 10.6. The molecule has 1 aromatic carbocycles. The van der Waals surface area contributed by atoms with Crippen molar-refractivity contribution in [3.05, 3.63) is 30.3 Å². The van der Waals surface area contributed by atoms with E-state index >= 15 is 0 Å². The van der Waals surface area contributed by atoms with Gasteiger partial charge in [0.2, 0.25) is 0 Å². The Bertz CT molecular complexity index is 391. The molecule has 1 saturated heterocycles. The van der Waals surface area contributed by atoms with Gasteiger partial charge in [-0.15, -0.1) is 0 Å². The second-order valence-corrected chi connectivity index (χ2v) is 6.55. The molecule has 0 radical (unpaired) electrons. The quantitative estimate of drug-likeness (QED) is 0.904. The third kappa shape index (κ3) is 3.17. The minimum absolute atomic E-state index is 0.0479. The van der Waals surface area contributed by atoms with Gasteiger partial charge in [-0.1, -0.05) is 37.5 Å². The summed E-state index contributed by atoms with van der Waals surface area (Å²) < 4.78 is 0. The van der Waals surface area contributed by atoms with Crippen LogP contribution >= 0.6 is 0 Å². The van der Waals surface area contributed by atoms with Crippen LogP contribution in [0.4, 0.5) is 5.69 Å². The van der Waals surface area contributed by atoms with Crippen molar-refractivity contribution in [2.75, 3.05) is 18.0 Å². The number of aliphatic hydroxyl groups is 1. The van der Waals surface area contributed by atoms with E-state index in [0.717, 1.165) is 25.9 Å². The van der Waals surface area contributed by atoms with Crippen LogP contribution < -0.4 is 4.90 Å². The van der Waals surface area contributed by atoms with Crippen LogP contribution in [0.1, 0.15) is 44.9 Å². The van der Waals surface area contributed by atoms with Crippen LogP contribution in [0.15, 0.2) is 30.3 Å². The van der Waals surface area contributed by atoms with Gasteiger partial charge in [0, 0.05) is 18.8 Å². The monoisotopic (exact) mass is 273 g/mol. The summed E-state index contributed by atoms with van der Waals surface area (Å²) in [5, 5.41) is 10.6. The normalized spacial score (nSPS) is 23.8. The highest BCUT2D eigenvalue weighted by Crippen LogP contribution is 2.34. The Labute approximate surface area is 122 Å². The van der Waals surface area contributed by atoms with Crippen LogP contribution in [-0.2, 0) is 0 Å². The van der Waals surface area contributed by atoms with Crippen LogP contribution in [0.25, 0.3) is 0 Å². The Morgan fingerprint density at radius 1 is 0.850 bits per heavy atom. The van der Waals surface area contributed by atoms with E-state index in [-0.39, 0.29) is 6.10 Å². The molecule has 1 N–H and O–H groups in total. The molecule has 20 heavy (non-hydrogen) atoms. The van der Waals surface area contributed by atoms with Gasteiger partial charge in [0.1, 0.15) is 0 Å². The Morgan fingerprint density at radius 2 is 1.45 bits per heavy atom. The first-order valence-electron chi connectivity index (χ1n) is 8.32. The fourth-order valence-electron chi connectivity index (χ4n) is 4.00. The van der Waals surface area contributed by atoms with E-state index in [0.29, 0.717) is 11.8 Å². The number of rotatable bonds is 3. The van der Waals surface area contributed by atoms with Crippen LogP contribution in [-0.4, -0.2) is 24.3 Å². The molecule has 1 aliphatic heterocycles. The maximum atomic E-state index is 10.6. The number of aliphatic hydroxyl groups excluding tert-OH is 1. The highest BCUT2D eigenvalue weighted by Gasteiger charge is 2.31. The molecular formula is C18H27NO. The molecule has 1 atom stereocenters. The van der Waals surface area contributed by atoms with Gasteiger partial charge in [0.25, 0.3) is 0 Å². The number of nitrogens with zero attached hydrogens (tertiary/aromatic N) is 1. The zero-order valence-electron chi connectivity index (χ0n) is 12.4. The lowest BCUT2D eigenvalue weighted by atomic mass is 9.77. The molecule has 3 rings (SSSR count). The molecule has 110 valence electrons. The third-order valence-electron chi connectivity index (χ3n) is 5.28. The molecular weight excluding hydrogens is 246 g/mol. The second-order valence-electron chi connectivity index (χ2n) is 6.55. The van der Waals surface area contributed by atoms with E-state index in [1.54, 1.807) is 0 Å². The predicted molar refractivity (Wildman–Crippen MR) is 84.0 cm³/mol. The molecule has 2 fully saturated rings. The molecule has 2 heteroatoms. The van der Waals surface area contributed by atoms with E-state index in [1.165, 1.54) is 37.8 Å². The molecule has 2 nitrogen and oxygen atoms in total. The number of hydrogen-bond acceptors (Lipinski definition) is 2. The van der Waals surface area contributed by atoms with Gasteiger partial charge in [0.15, 0.2) is 0 Å². The first-order chi connectivity index (χ1) is 9.84. The lowest BCUT2D eigenvalue weighted by Gasteiger charge is -2.39. The Morgan fingerprint density at radius 3 is 2.10 bits per heavy atom. The Balaban J connectivity index is 1.53. The molecule has 1 aromatic rings. The molecule has 0 amide bonds. The van der Waals surface area contributed by atoms with Gasteiger partial charge < -0.3 is 10.0 Å². The van der Waals surface area contributed by atoms with Crippen molar-refractivity contribution >= 4 is 5.69 Å². The van der Waals surface area contributed by atoms with E-state index in [1.807, 2.05) is 0 Å². The molecule has 1 aliphatic carbocycles. The molecule has 1 unspecified atom stereocenters. The van der Waals surface area contributed by atoms with Gasteiger partial charge >= 0.3 is 0 Å². The lowest BCUT2D eigenvalue weighted by Crippen LogP contribution is -2.40.